The van der Waals surface area contributed by atoms with Crippen molar-refractivity contribution in [1.82, 2.24) is 0 Å². The Bertz CT molecular complexity index is 1170. The molecule has 0 radical (unpaired) electrons. The topological polar surface area (TPSA) is 49.7 Å². The minimum absolute atomic E-state index is 0.0129. The number of aliphatic imine (C=N–C) groups is 1. The zero-order chi connectivity index (χ0) is 22.0. The van der Waals surface area contributed by atoms with Crippen LogP contribution in [-0.4, -0.2) is 39.2 Å². The Morgan fingerprint density at radius 1 is 1.03 bits per heavy atom. The molecule has 4 rings (SSSR count). The monoisotopic (exact) mass is 675 g/mol. The van der Waals surface area contributed by atoms with E-state index in [9.17, 15) is 9.90 Å². The van der Waals surface area contributed by atoms with Crippen LogP contribution in [0.25, 0.3) is 10.0 Å². The Kier molecular flexibility index (Phi) is 6.14. The number of ketones is 1. The number of halogens is 3. The molecule has 0 saturated carbocycles. The van der Waals surface area contributed by atoms with Crippen LogP contribution < -0.4 is 5.19 Å². The number of allylic oxidation sites excluding steroid dienone is 4. The van der Waals surface area contributed by atoms with Gasteiger partial charge in [0.15, 0.2) is 0 Å². The van der Waals surface area contributed by atoms with Gasteiger partial charge in [-0.2, -0.15) is 0 Å². The van der Waals surface area contributed by atoms with Crippen LogP contribution in [0.2, 0.25) is 11.1 Å². The van der Waals surface area contributed by atoms with E-state index in [1.807, 2.05) is 12.1 Å². The Morgan fingerprint density at radius 2 is 1.70 bits per heavy atom. The molecular formula is C22H20Br3NO2SeSi. The summed E-state index contributed by atoms with van der Waals surface area (Å²) in [5.74, 6) is 0.296. The molecule has 1 aliphatic carbocycles. The molecule has 0 bridgehead atoms. The zero-order valence-corrected chi connectivity index (χ0v) is 24.4. The number of phenols is 1. The average Bonchev–Trinajstić information content (AvgIpc) is 2.93. The second kappa shape index (κ2) is 8.12. The van der Waals surface area contributed by atoms with Gasteiger partial charge in [-0.25, -0.2) is 0 Å². The van der Waals surface area contributed by atoms with Crippen molar-refractivity contribution in [2.75, 3.05) is 0 Å². The summed E-state index contributed by atoms with van der Waals surface area (Å²) in [7, 11) is -2.48. The van der Waals surface area contributed by atoms with E-state index in [2.05, 4.69) is 75.5 Å². The van der Waals surface area contributed by atoms with Gasteiger partial charge in [-0.1, -0.05) is 0 Å². The van der Waals surface area contributed by atoms with Crippen molar-refractivity contribution in [3.8, 4) is 15.8 Å². The Morgan fingerprint density at radius 3 is 2.27 bits per heavy atom. The van der Waals surface area contributed by atoms with E-state index in [0.717, 1.165) is 44.1 Å². The van der Waals surface area contributed by atoms with Gasteiger partial charge in [0.05, 0.1) is 0 Å². The van der Waals surface area contributed by atoms with Crippen LogP contribution in [0, 0.1) is 0 Å². The number of nitrogens with zero attached hydrogens (tertiary/aromatic N) is 1. The van der Waals surface area contributed by atoms with Crippen molar-refractivity contribution in [3.05, 3.63) is 47.8 Å². The first-order chi connectivity index (χ1) is 14.1. The zero-order valence-electron chi connectivity index (χ0n) is 16.9. The molecule has 1 aromatic heterocycles. The molecule has 156 valence electrons. The van der Waals surface area contributed by atoms with Crippen molar-refractivity contribution < 1.29 is 9.90 Å². The normalized spacial score (nSPS) is 17.2. The summed E-state index contributed by atoms with van der Waals surface area (Å²) in [6, 6.07) is 3.69. The fraction of sp³-hybridized carbons (Fsp3) is 0.273. The molecule has 0 fully saturated rings. The maximum absolute atomic E-state index is 12.4. The van der Waals surface area contributed by atoms with Crippen LogP contribution in [0.5, 0.6) is 5.75 Å². The number of phenolic OH excluding ortho intramolecular Hbond substituents is 1. The van der Waals surface area contributed by atoms with Crippen LogP contribution in [0.4, 0.5) is 5.69 Å². The third kappa shape index (κ3) is 3.21. The molecule has 1 aliphatic heterocycles. The van der Waals surface area contributed by atoms with E-state index in [1.54, 1.807) is 18.2 Å². The predicted molar refractivity (Wildman–Crippen MR) is 138 cm³/mol. The summed E-state index contributed by atoms with van der Waals surface area (Å²) < 4.78 is 4.17. The second-order valence-corrected chi connectivity index (χ2v) is 18.9. The molecule has 2 aliphatic rings. The molecule has 0 amide bonds. The second-order valence-electron chi connectivity index (χ2n) is 8.16. The number of aromatic hydroxyl groups is 1. The quantitative estimate of drug-likeness (QED) is 0.296. The van der Waals surface area contributed by atoms with Crippen molar-refractivity contribution in [2.24, 2.45) is 4.99 Å². The Labute approximate surface area is 208 Å². The van der Waals surface area contributed by atoms with E-state index in [-0.39, 0.29) is 26.0 Å². The van der Waals surface area contributed by atoms with E-state index in [4.69, 9.17) is 4.99 Å². The first-order valence-corrected chi connectivity index (χ1v) is 15.9. The molecule has 1 N–H and O–H groups in total. The molecule has 3 nitrogen and oxygen atoms in total. The summed E-state index contributed by atoms with van der Waals surface area (Å²) in [5, 5.41) is 13.4. The molecular weight excluding hydrogens is 657 g/mol. The number of carbonyl (C=O) groups excluding carboxylic acids is 1. The molecule has 8 heteroatoms. The summed E-state index contributed by atoms with van der Waals surface area (Å²) in [5.41, 5.74) is 3.36. The van der Waals surface area contributed by atoms with Crippen molar-refractivity contribution in [3.63, 3.8) is 0 Å². The van der Waals surface area contributed by atoms with Gasteiger partial charge >= 0.3 is 210 Å². The van der Waals surface area contributed by atoms with Crippen LogP contribution in [0.15, 0.2) is 52.8 Å². The third-order valence-corrected chi connectivity index (χ3v) is 19.5. The van der Waals surface area contributed by atoms with E-state index >= 15 is 0 Å². The maximum atomic E-state index is 12.4. The van der Waals surface area contributed by atoms with Crippen LogP contribution in [-0.2, 0) is 4.79 Å². The van der Waals surface area contributed by atoms with Gasteiger partial charge in [0.2, 0.25) is 0 Å². The van der Waals surface area contributed by atoms with Gasteiger partial charge in [0.25, 0.3) is 0 Å². The van der Waals surface area contributed by atoms with Gasteiger partial charge in [-0.3, -0.25) is 0 Å². The first kappa shape index (κ1) is 22.7. The summed E-state index contributed by atoms with van der Waals surface area (Å²) in [4.78, 5) is 17.4. The molecule has 1 aromatic carbocycles. The number of benzene rings is 1. The summed E-state index contributed by atoms with van der Waals surface area (Å²) >= 11 is 11.1. The standard InChI is InChI=1S/C22H20Br3NO2SeSi/c1-10(2)30(11(3)4)16-9-12(27)5-6-13(16)26-14-7-8-15(28)17(21(14)30)20-18(23)19(24)22(25)29-20/h5-11,28H,1-4H3. The summed E-state index contributed by atoms with van der Waals surface area (Å²) in [6.07, 6.45) is 5.27. The number of hydrogen-bond acceptors (Lipinski definition) is 3. The van der Waals surface area contributed by atoms with Gasteiger partial charge in [-0.05, 0) is 0 Å². The molecule has 30 heavy (non-hydrogen) atoms. The van der Waals surface area contributed by atoms with Gasteiger partial charge in [0.1, 0.15) is 0 Å². The predicted octanol–water partition coefficient (Wildman–Crippen LogP) is 6.57. The van der Waals surface area contributed by atoms with Crippen molar-refractivity contribution >= 4 is 92.7 Å². The third-order valence-electron chi connectivity index (χ3n) is 6.03. The van der Waals surface area contributed by atoms with Gasteiger partial charge in [-0.15, -0.1) is 0 Å². The van der Waals surface area contributed by atoms with Crippen LogP contribution >= 0.6 is 47.8 Å². The molecule has 0 saturated heterocycles. The minimum atomic E-state index is -2.48. The summed E-state index contributed by atoms with van der Waals surface area (Å²) in [6.45, 7) is 9.01. The van der Waals surface area contributed by atoms with Gasteiger partial charge < -0.3 is 0 Å². The fourth-order valence-corrected chi connectivity index (χ4v) is 16.5. The molecule has 2 heterocycles. The van der Waals surface area contributed by atoms with Crippen LogP contribution in [0.3, 0.4) is 0 Å². The Balaban J connectivity index is 2.20. The molecule has 2 aromatic rings. The van der Waals surface area contributed by atoms with E-state index in [0.29, 0.717) is 11.1 Å². The molecule has 0 unspecified atom stereocenters. The molecule has 0 spiro atoms. The number of rotatable bonds is 3. The van der Waals surface area contributed by atoms with E-state index in [1.165, 1.54) is 0 Å². The van der Waals surface area contributed by atoms with E-state index < -0.39 is 8.07 Å². The SMILES string of the molecule is CC(C)[Si]1(C(C)C)C2=CC(=O)C=CC2=Nc2ccc(O)c(-c3[se]c(Br)c(Br)c3Br)c21. The van der Waals surface area contributed by atoms with Crippen LogP contribution in [0.1, 0.15) is 27.7 Å². The first-order valence-electron chi connectivity index (χ1n) is 9.64. The van der Waals surface area contributed by atoms with Crippen molar-refractivity contribution in [1.29, 1.82) is 0 Å². The average molecular weight is 677 g/mol. The van der Waals surface area contributed by atoms with Gasteiger partial charge in [0, 0.05) is 0 Å². The number of carbonyl (C=O) groups is 1. The molecule has 0 atom stereocenters. The fourth-order valence-electron chi connectivity index (χ4n) is 4.92. The number of fused-ring (bicyclic) bond motifs is 2. The Hall–Kier alpha value is -0.504. The van der Waals surface area contributed by atoms with Crippen molar-refractivity contribution in [2.45, 2.75) is 38.8 Å². The number of hydrogen-bond donors (Lipinski definition) is 1.